The highest BCUT2D eigenvalue weighted by Gasteiger charge is 2.14. The molecule has 0 saturated heterocycles. The summed E-state index contributed by atoms with van der Waals surface area (Å²) in [5, 5.41) is 3.99. The predicted octanol–water partition coefficient (Wildman–Crippen LogP) is -1.58. The van der Waals surface area contributed by atoms with Crippen LogP contribution < -0.4 is 22.8 Å². The summed E-state index contributed by atoms with van der Waals surface area (Å²) in [6, 6.07) is 8.95. The number of hydrogen-bond donors (Lipinski definition) is 3. The maximum Gasteiger partial charge on any atom is 0.365 e. The number of hydrogen-bond acceptors (Lipinski definition) is 5. The van der Waals surface area contributed by atoms with Crippen LogP contribution in [0.15, 0.2) is 35.1 Å². The van der Waals surface area contributed by atoms with E-state index in [-0.39, 0.29) is 12.4 Å². The molecule has 1 aromatic heterocycles. The molecule has 0 atom stereocenters. The normalized spacial score (nSPS) is 10.3. The quantitative estimate of drug-likeness (QED) is 0.344. The Hall–Kier alpha value is -2.61. The maximum atomic E-state index is 11.7. The van der Waals surface area contributed by atoms with Crippen LogP contribution in [0.5, 0.6) is 0 Å². The second-order valence-electron chi connectivity index (χ2n) is 3.57. The van der Waals surface area contributed by atoms with Gasteiger partial charge in [-0.2, -0.15) is 4.68 Å². The molecule has 2 aromatic rings. The van der Waals surface area contributed by atoms with E-state index < -0.39 is 11.6 Å². The summed E-state index contributed by atoms with van der Waals surface area (Å²) in [4.78, 5) is 22.8. The summed E-state index contributed by atoms with van der Waals surface area (Å²) in [7, 11) is 0. The number of nitrogens with one attached hydrogen (secondary N) is 1. The highest BCUT2D eigenvalue weighted by atomic mass is 16.2. The maximum absolute atomic E-state index is 11.7. The molecule has 0 radical (unpaired) electrons. The van der Waals surface area contributed by atoms with Crippen molar-refractivity contribution in [1.82, 2.24) is 19.9 Å². The summed E-state index contributed by atoms with van der Waals surface area (Å²) in [5.74, 6) is 10.3. The third kappa shape index (κ3) is 2.09. The Morgan fingerprint density at radius 1 is 1.33 bits per heavy atom. The summed E-state index contributed by atoms with van der Waals surface area (Å²) >= 11 is 0. The fourth-order valence-corrected chi connectivity index (χ4v) is 1.49. The van der Waals surface area contributed by atoms with Crippen LogP contribution in [0.3, 0.4) is 0 Å². The van der Waals surface area contributed by atoms with Gasteiger partial charge in [0.25, 0.3) is 5.91 Å². The lowest BCUT2D eigenvalue weighted by Crippen LogP contribution is -2.38. The number of nitrogens with two attached hydrogens (primary N) is 2. The molecular weight excluding hydrogens is 236 g/mol. The van der Waals surface area contributed by atoms with Crippen LogP contribution in [0, 0.1) is 0 Å². The molecule has 0 spiro atoms. The van der Waals surface area contributed by atoms with E-state index in [0.717, 1.165) is 9.36 Å². The summed E-state index contributed by atoms with van der Waals surface area (Å²) in [6.45, 7) is -0.278. The minimum absolute atomic E-state index is 0.278. The zero-order valence-electron chi connectivity index (χ0n) is 9.41. The topological polar surface area (TPSA) is 121 Å². The zero-order valence-corrected chi connectivity index (χ0v) is 9.41. The first-order chi connectivity index (χ1) is 8.63. The molecule has 0 bridgehead atoms. The average molecular weight is 248 g/mol. The summed E-state index contributed by atoms with van der Waals surface area (Å²) in [5.41, 5.74) is 2.02. The lowest BCUT2D eigenvalue weighted by Gasteiger charge is -1.97. The van der Waals surface area contributed by atoms with E-state index in [2.05, 4.69) is 5.10 Å². The molecule has 8 heteroatoms. The van der Waals surface area contributed by atoms with Crippen molar-refractivity contribution in [1.29, 1.82) is 0 Å². The number of hydrazine groups is 1. The molecule has 0 aliphatic heterocycles. The van der Waals surface area contributed by atoms with Crippen LogP contribution in [-0.4, -0.2) is 20.4 Å². The number of amides is 1. The van der Waals surface area contributed by atoms with Crippen LogP contribution in [0.25, 0.3) is 11.4 Å². The SMILES string of the molecule is NNC(=O)Cn1nc(-c2ccccc2)n(N)c1=O. The number of nitrogen functional groups attached to an aromatic ring is 1. The minimum Gasteiger partial charge on any atom is -0.333 e. The molecule has 0 aliphatic carbocycles. The second-order valence-corrected chi connectivity index (χ2v) is 3.57. The summed E-state index contributed by atoms with van der Waals surface area (Å²) in [6.07, 6.45) is 0. The number of benzene rings is 1. The lowest BCUT2D eigenvalue weighted by molar-refractivity contribution is -0.121. The van der Waals surface area contributed by atoms with E-state index >= 15 is 0 Å². The molecule has 1 amide bonds. The van der Waals surface area contributed by atoms with Gasteiger partial charge in [0.15, 0.2) is 5.82 Å². The van der Waals surface area contributed by atoms with E-state index in [0.29, 0.717) is 5.56 Å². The van der Waals surface area contributed by atoms with Gasteiger partial charge in [0.1, 0.15) is 6.54 Å². The van der Waals surface area contributed by atoms with Crippen molar-refractivity contribution in [3.8, 4) is 11.4 Å². The highest BCUT2D eigenvalue weighted by Crippen LogP contribution is 2.12. The van der Waals surface area contributed by atoms with Gasteiger partial charge in [-0.25, -0.2) is 15.3 Å². The van der Waals surface area contributed by atoms with Crippen LogP contribution in [0.4, 0.5) is 0 Å². The Bertz CT molecular complexity index is 615. The molecule has 0 saturated carbocycles. The Kier molecular flexibility index (Phi) is 3.11. The standard InChI is InChI=1S/C10H12N6O2/c11-13-8(17)6-15-10(18)16(12)9(14-15)7-4-2-1-3-5-7/h1-5H,6,11-12H2,(H,13,17). The number of aromatic nitrogens is 3. The van der Waals surface area contributed by atoms with Gasteiger partial charge < -0.3 is 5.84 Å². The number of carbonyl (C=O) groups is 1. The van der Waals surface area contributed by atoms with Crippen molar-refractivity contribution in [2.24, 2.45) is 5.84 Å². The van der Waals surface area contributed by atoms with Gasteiger partial charge in [-0.1, -0.05) is 30.3 Å². The van der Waals surface area contributed by atoms with Gasteiger partial charge in [-0.15, -0.1) is 5.10 Å². The van der Waals surface area contributed by atoms with E-state index in [9.17, 15) is 9.59 Å². The van der Waals surface area contributed by atoms with Gasteiger partial charge in [-0.05, 0) is 0 Å². The second kappa shape index (κ2) is 4.72. The van der Waals surface area contributed by atoms with E-state index in [4.69, 9.17) is 11.7 Å². The molecule has 0 aliphatic rings. The van der Waals surface area contributed by atoms with Crippen LogP contribution in [0.1, 0.15) is 0 Å². The molecular formula is C10H12N6O2. The number of nitrogens with zero attached hydrogens (tertiary/aromatic N) is 3. The summed E-state index contributed by atoms with van der Waals surface area (Å²) < 4.78 is 1.84. The Labute approximate surface area is 102 Å². The average Bonchev–Trinajstić information content (AvgIpc) is 2.68. The number of rotatable bonds is 3. The molecule has 94 valence electrons. The highest BCUT2D eigenvalue weighted by molar-refractivity contribution is 5.74. The first-order valence-corrected chi connectivity index (χ1v) is 5.13. The zero-order chi connectivity index (χ0) is 13.1. The third-order valence-corrected chi connectivity index (χ3v) is 2.36. The van der Waals surface area contributed by atoms with Gasteiger partial charge in [-0.3, -0.25) is 10.2 Å². The van der Waals surface area contributed by atoms with Crippen LogP contribution >= 0.6 is 0 Å². The van der Waals surface area contributed by atoms with Crippen molar-refractivity contribution in [2.75, 3.05) is 5.84 Å². The Morgan fingerprint density at radius 3 is 2.61 bits per heavy atom. The molecule has 5 N–H and O–H groups in total. The molecule has 1 aromatic carbocycles. The fourth-order valence-electron chi connectivity index (χ4n) is 1.49. The molecule has 8 nitrogen and oxygen atoms in total. The van der Waals surface area contributed by atoms with Gasteiger partial charge in [0.05, 0.1) is 0 Å². The van der Waals surface area contributed by atoms with E-state index in [1.807, 2.05) is 11.5 Å². The first kappa shape index (κ1) is 11.9. The van der Waals surface area contributed by atoms with Gasteiger partial charge >= 0.3 is 5.69 Å². The largest absolute Gasteiger partial charge is 0.365 e. The molecule has 1 heterocycles. The molecule has 0 unspecified atom stereocenters. The molecule has 2 rings (SSSR count). The Balaban J connectivity index is 2.43. The van der Waals surface area contributed by atoms with Gasteiger partial charge in [0.2, 0.25) is 0 Å². The Morgan fingerprint density at radius 2 is 2.00 bits per heavy atom. The van der Waals surface area contributed by atoms with Crippen molar-refractivity contribution >= 4 is 5.91 Å². The lowest BCUT2D eigenvalue weighted by atomic mass is 10.2. The van der Waals surface area contributed by atoms with Crippen LogP contribution in [-0.2, 0) is 11.3 Å². The molecule has 0 fully saturated rings. The first-order valence-electron chi connectivity index (χ1n) is 5.13. The van der Waals surface area contributed by atoms with Gasteiger partial charge in [0, 0.05) is 5.56 Å². The van der Waals surface area contributed by atoms with E-state index in [1.54, 1.807) is 24.3 Å². The monoisotopic (exact) mass is 248 g/mol. The van der Waals surface area contributed by atoms with Crippen molar-refractivity contribution in [3.05, 3.63) is 40.8 Å². The van der Waals surface area contributed by atoms with Crippen molar-refractivity contribution in [2.45, 2.75) is 6.54 Å². The van der Waals surface area contributed by atoms with Crippen molar-refractivity contribution in [3.63, 3.8) is 0 Å². The fraction of sp³-hybridized carbons (Fsp3) is 0.100. The van der Waals surface area contributed by atoms with E-state index in [1.165, 1.54) is 0 Å². The smallest absolute Gasteiger partial charge is 0.333 e. The van der Waals surface area contributed by atoms with Crippen LogP contribution in [0.2, 0.25) is 0 Å². The van der Waals surface area contributed by atoms with Crippen molar-refractivity contribution < 1.29 is 4.79 Å². The third-order valence-electron chi connectivity index (χ3n) is 2.36. The number of carbonyl (C=O) groups excluding carboxylic acids is 1. The molecule has 18 heavy (non-hydrogen) atoms. The predicted molar refractivity (Wildman–Crippen MR) is 64.4 cm³/mol. The minimum atomic E-state index is -0.586.